The lowest BCUT2D eigenvalue weighted by Gasteiger charge is -2.12. The molecule has 0 aliphatic heterocycles. The monoisotopic (exact) mass is 277 g/mol. The summed E-state index contributed by atoms with van der Waals surface area (Å²) in [6.45, 7) is 1.29. The Morgan fingerprint density at radius 3 is 2.50 bits per heavy atom. The minimum atomic E-state index is -4.59. The minimum absolute atomic E-state index is 0.265. The van der Waals surface area contributed by atoms with Crippen molar-refractivity contribution in [1.82, 2.24) is 0 Å². The van der Waals surface area contributed by atoms with Crippen molar-refractivity contribution in [2.24, 2.45) is 0 Å². The number of nitriles is 1. The number of benzene rings is 1. The fourth-order valence-corrected chi connectivity index (χ4v) is 2.64. The van der Waals surface area contributed by atoms with Gasteiger partial charge in [0.1, 0.15) is 0 Å². The van der Waals surface area contributed by atoms with E-state index in [1.165, 1.54) is 6.92 Å². The lowest BCUT2D eigenvalue weighted by atomic mass is 10.2. The molecule has 0 saturated heterocycles. The van der Waals surface area contributed by atoms with Gasteiger partial charge in [0, 0.05) is 0 Å². The molecule has 7 heteroatoms. The first-order valence-electron chi connectivity index (χ1n) is 4.97. The molecule has 18 heavy (non-hydrogen) atoms. The smallest absolute Gasteiger partial charge is 0.223 e. The Bertz CT molecular complexity index is 573. The summed E-state index contributed by atoms with van der Waals surface area (Å²) in [5.41, 5.74) is -1.02. The average molecular weight is 277 g/mol. The van der Waals surface area contributed by atoms with Gasteiger partial charge in [-0.3, -0.25) is 0 Å². The molecular formula is C11H10F3NO2S. The molecule has 0 saturated carbocycles. The van der Waals surface area contributed by atoms with Crippen molar-refractivity contribution < 1.29 is 21.6 Å². The summed E-state index contributed by atoms with van der Waals surface area (Å²) in [7, 11) is -3.91. The lowest BCUT2D eigenvalue weighted by Crippen LogP contribution is -2.18. The summed E-state index contributed by atoms with van der Waals surface area (Å²) in [6.07, 6.45) is -4.86. The molecule has 1 aromatic rings. The maximum absolute atomic E-state index is 12.5. The molecule has 1 atom stereocenters. The molecule has 0 aromatic heterocycles. The number of sulfone groups is 1. The maximum atomic E-state index is 12.5. The van der Waals surface area contributed by atoms with Crippen LogP contribution in [0, 0.1) is 11.3 Å². The van der Waals surface area contributed by atoms with E-state index in [0.717, 1.165) is 18.2 Å². The van der Waals surface area contributed by atoms with E-state index >= 15 is 0 Å². The van der Waals surface area contributed by atoms with E-state index in [1.807, 2.05) is 0 Å². The second kappa shape index (κ2) is 4.98. The SMILES string of the molecule is CC(CC#N)S(=O)(=O)c1cccc(C(F)(F)F)c1. The normalized spacial score (nSPS) is 13.9. The van der Waals surface area contributed by atoms with Crippen LogP contribution in [0.5, 0.6) is 0 Å². The summed E-state index contributed by atoms with van der Waals surface area (Å²) >= 11 is 0. The van der Waals surface area contributed by atoms with Crippen molar-refractivity contribution in [2.45, 2.75) is 29.7 Å². The first kappa shape index (κ1) is 14.5. The summed E-state index contributed by atoms with van der Waals surface area (Å²) in [6, 6.07) is 5.21. The van der Waals surface area contributed by atoms with Gasteiger partial charge in [0.15, 0.2) is 9.84 Å². The van der Waals surface area contributed by atoms with E-state index < -0.39 is 31.7 Å². The standard InChI is InChI=1S/C11H10F3NO2S/c1-8(5-6-15)18(16,17)10-4-2-3-9(7-10)11(12,13)14/h2-4,7-8H,5H2,1H3. The van der Waals surface area contributed by atoms with Gasteiger partial charge in [-0.1, -0.05) is 6.07 Å². The molecule has 98 valence electrons. The number of halogens is 3. The maximum Gasteiger partial charge on any atom is 0.416 e. The summed E-state index contributed by atoms with van der Waals surface area (Å²) in [5, 5.41) is 7.40. The topological polar surface area (TPSA) is 57.9 Å². The molecule has 0 heterocycles. The molecule has 1 rings (SSSR count). The van der Waals surface area contributed by atoms with E-state index in [0.29, 0.717) is 6.07 Å². The van der Waals surface area contributed by atoms with Gasteiger partial charge in [-0.15, -0.1) is 0 Å². The number of hydrogen-bond acceptors (Lipinski definition) is 3. The molecule has 0 radical (unpaired) electrons. The van der Waals surface area contributed by atoms with Gasteiger partial charge >= 0.3 is 6.18 Å². The highest BCUT2D eigenvalue weighted by Gasteiger charge is 2.32. The molecule has 3 nitrogen and oxygen atoms in total. The van der Waals surface area contributed by atoms with Crippen molar-refractivity contribution in [3.8, 4) is 6.07 Å². The Hall–Kier alpha value is -1.55. The van der Waals surface area contributed by atoms with E-state index in [-0.39, 0.29) is 6.42 Å². The van der Waals surface area contributed by atoms with Crippen LogP contribution in [-0.4, -0.2) is 13.7 Å². The van der Waals surface area contributed by atoms with Crippen LogP contribution in [0.1, 0.15) is 18.9 Å². The first-order chi connectivity index (χ1) is 8.19. The molecule has 0 spiro atoms. The fraction of sp³-hybridized carbons (Fsp3) is 0.364. The van der Waals surface area contributed by atoms with Gasteiger partial charge in [-0.2, -0.15) is 18.4 Å². The lowest BCUT2D eigenvalue weighted by molar-refractivity contribution is -0.137. The van der Waals surface area contributed by atoms with Gasteiger partial charge in [0.05, 0.1) is 28.2 Å². The highest BCUT2D eigenvalue weighted by molar-refractivity contribution is 7.92. The van der Waals surface area contributed by atoms with E-state index in [4.69, 9.17) is 5.26 Å². The van der Waals surface area contributed by atoms with Crippen molar-refractivity contribution in [2.75, 3.05) is 0 Å². The Labute approximate surface area is 103 Å². The third-order valence-electron chi connectivity index (χ3n) is 2.40. The van der Waals surface area contributed by atoms with Crippen molar-refractivity contribution in [3.63, 3.8) is 0 Å². The molecule has 0 amide bonds. The zero-order valence-electron chi connectivity index (χ0n) is 9.40. The van der Waals surface area contributed by atoms with Crippen LogP contribution in [0.2, 0.25) is 0 Å². The number of rotatable bonds is 3. The first-order valence-corrected chi connectivity index (χ1v) is 6.52. The van der Waals surface area contributed by atoms with E-state index in [1.54, 1.807) is 6.07 Å². The second-order valence-corrected chi connectivity index (χ2v) is 6.11. The van der Waals surface area contributed by atoms with Crippen molar-refractivity contribution >= 4 is 9.84 Å². The summed E-state index contributed by atoms with van der Waals surface area (Å²) in [5.74, 6) is 0. The molecule has 0 fully saturated rings. The number of hydrogen-bond donors (Lipinski definition) is 0. The molecule has 0 aliphatic carbocycles. The van der Waals surface area contributed by atoms with Gasteiger partial charge in [-0.25, -0.2) is 8.42 Å². The molecule has 0 N–H and O–H groups in total. The molecule has 1 aromatic carbocycles. The molecule has 0 aliphatic rings. The number of alkyl halides is 3. The predicted molar refractivity (Wildman–Crippen MR) is 58.3 cm³/mol. The number of nitrogens with zero attached hydrogens (tertiary/aromatic N) is 1. The summed E-state index contributed by atoms with van der Waals surface area (Å²) in [4.78, 5) is -0.417. The van der Waals surface area contributed by atoms with E-state index in [2.05, 4.69) is 0 Å². The van der Waals surface area contributed by atoms with Crippen molar-refractivity contribution in [3.05, 3.63) is 29.8 Å². The van der Waals surface area contributed by atoms with Crippen LogP contribution >= 0.6 is 0 Å². The zero-order valence-corrected chi connectivity index (χ0v) is 10.2. The van der Waals surface area contributed by atoms with Gasteiger partial charge < -0.3 is 0 Å². The highest BCUT2D eigenvalue weighted by Crippen LogP contribution is 2.31. The van der Waals surface area contributed by atoms with Crippen LogP contribution in [-0.2, 0) is 16.0 Å². The van der Waals surface area contributed by atoms with Crippen LogP contribution in [0.25, 0.3) is 0 Å². The molecule has 1 unspecified atom stereocenters. The Morgan fingerprint density at radius 1 is 1.39 bits per heavy atom. The van der Waals surface area contributed by atoms with Crippen molar-refractivity contribution in [1.29, 1.82) is 5.26 Å². The quantitative estimate of drug-likeness (QED) is 0.853. The largest absolute Gasteiger partial charge is 0.416 e. The third-order valence-corrected chi connectivity index (χ3v) is 4.54. The highest BCUT2D eigenvalue weighted by atomic mass is 32.2. The van der Waals surface area contributed by atoms with Crippen LogP contribution in [0.4, 0.5) is 13.2 Å². The van der Waals surface area contributed by atoms with E-state index in [9.17, 15) is 21.6 Å². The third kappa shape index (κ3) is 3.01. The van der Waals surface area contributed by atoms with Gasteiger partial charge in [-0.05, 0) is 25.1 Å². The molecular weight excluding hydrogens is 267 g/mol. The van der Waals surface area contributed by atoms with Crippen LogP contribution in [0.3, 0.4) is 0 Å². The minimum Gasteiger partial charge on any atom is -0.223 e. The second-order valence-electron chi connectivity index (χ2n) is 3.74. The Balaban J connectivity index is 3.24. The zero-order chi connectivity index (χ0) is 14.0. The van der Waals surface area contributed by atoms with Crippen LogP contribution < -0.4 is 0 Å². The van der Waals surface area contributed by atoms with Crippen LogP contribution in [0.15, 0.2) is 29.2 Å². The average Bonchev–Trinajstić information content (AvgIpc) is 2.28. The van der Waals surface area contributed by atoms with Gasteiger partial charge in [0.25, 0.3) is 0 Å². The molecule has 0 bridgehead atoms. The predicted octanol–water partition coefficient (Wildman–Crippen LogP) is 2.78. The fourth-order valence-electron chi connectivity index (χ4n) is 1.32. The Kier molecular flexibility index (Phi) is 4.02. The van der Waals surface area contributed by atoms with Gasteiger partial charge in [0.2, 0.25) is 0 Å². The summed E-state index contributed by atoms with van der Waals surface area (Å²) < 4.78 is 61.1. The Morgan fingerprint density at radius 2 is 2.00 bits per heavy atom.